The zero-order valence-corrected chi connectivity index (χ0v) is 11.8. The van der Waals surface area contributed by atoms with Crippen LogP contribution in [0.5, 0.6) is 0 Å². The lowest BCUT2D eigenvalue weighted by atomic mass is 10.1. The van der Waals surface area contributed by atoms with Crippen LogP contribution in [-0.2, 0) is 4.79 Å². The van der Waals surface area contributed by atoms with Gasteiger partial charge in [-0.1, -0.05) is 18.2 Å². The predicted octanol–water partition coefficient (Wildman–Crippen LogP) is 3.01. The molecular weight excluding hydrogens is 298 g/mol. The highest BCUT2D eigenvalue weighted by Crippen LogP contribution is 2.28. The van der Waals surface area contributed by atoms with Gasteiger partial charge in [-0.15, -0.1) is 0 Å². The van der Waals surface area contributed by atoms with E-state index in [1.165, 1.54) is 18.2 Å². The van der Waals surface area contributed by atoms with Crippen LogP contribution in [0.15, 0.2) is 54.7 Å². The Morgan fingerprint density at radius 3 is 2.83 bits per heavy atom. The molecule has 0 aliphatic carbocycles. The molecule has 0 saturated carbocycles. The van der Waals surface area contributed by atoms with Gasteiger partial charge in [0.2, 0.25) is 0 Å². The fraction of sp³-hybridized carbons (Fsp3) is 0. The molecule has 7 heteroatoms. The number of benzene rings is 1. The van der Waals surface area contributed by atoms with E-state index in [1.54, 1.807) is 34.9 Å². The van der Waals surface area contributed by atoms with Crippen molar-refractivity contribution in [3.63, 3.8) is 0 Å². The Hall–Kier alpha value is -3.48. The molecule has 0 aliphatic rings. The normalized spacial score (nSPS) is 11.1. The standard InChI is InChI=1S/C16H11N3O4/c20-15(21)8-7-13-16(17-14-6-1-2-9-18(13)14)11-4-3-5-12(10-11)19(22)23/h1-10H,(H,20,21). The summed E-state index contributed by atoms with van der Waals surface area (Å²) >= 11 is 0. The van der Waals surface area contributed by atoms with Crippen LogP contribution in [0.1, 0.15) is 5.69 Å². The molecule has 3 aromatic rings. The maximum absolute atomic E-state index is 10.9. The summed E-state index contributed by atoms with van der Waals surface area (Å²) in [5.74, 6) is -1.08. The third-order valence-electron chi connectivity index (χ3n) is 3.28. The van der Waals surface area contributed by atoms with Crippen molar-refractivity contribution in [1.82, 2.24) is 9.38 Å². The van der Waals surface area contributed by atoms with Gasteiger partial charge in [-0.05, 0) is 18.2 Å². The molecule has 0 spiro atoms. The number of nitrogens with zero attached hydrogens (tertiary/aromatic N) is 3. The zero-order valence-electron chi connectivity index (χ0n) is 11.8. The van der Waals surface area contributed by atoms with Crippen LogP contribution < -0.4 is 0 Å². The molecule has 1 aromatic carbocycles. The molecule has 0 atom stereocenters. The van der Waals surface area contributed by atoms with Gasteiger partial charge in [0.05, 0.1) is 16.3 Å². The van der Waals surface area contributed by atoms with E-state index in [0.29, 0.717) is 22.6 Å². The number of carbonyl (C=O) groups is 1. The number of hydrogen-bond acceptors (Lipinski definition) is 4. The summed E-state index contributed by atoms with van der Waals surface area (Å²) < 4.78 is 1.73. The second-order valence-corrected chi connectivity index (χ2v) is 4.75. The summed E-state index contributed by atoms with van der Waals surface area (Å²) in [7, 11) is 0. The van der Waals surface area contributed by atoms with Crippen molar-refractivity contribution in [2.75, 3.05) is 0 Å². The lowest BCUT2D eigenvalue weighted by Gasteiger charge is -2.00. The van der Waals surface area contributed by atoms with Crippen molar-refractivity contribution in [1.29, 1.82) is 0 Å². The molecule has 7 nitrogen and oxygen atoms in total. The van der Waals surface area contributed by atoms with Crippen molar-refractivity contribution < 1.29 is 14.8 Å². The number of aliphatic carboxylic acids is 1. The van der Waals surface area contributed by atoms with Crippen molar-refractivity contribution in [3.8, 4) is 11.3 Å². The molecule has 2 heterocycles. The second kappa shape index (κ2) is 5.72. The van der Waals surface area contributed by atoms with Crippen LogP contribution in [0.25, 0.3) is 23.0 Å². The maximum atomic E-state index is 10.9. The van der Waals surface area contributed by atoms with Crippen LogP contribution >= 0.6 is 0 Å². The van der Waals surface area contributed by atoms with Gasteiger partial charge in [-0.2, -0.15) is 0 Å². The first-order valence-corrected chi connectivity index (χ1v) is 6.69. The Bertz CT molecular complexity index is 943. The van der Waals surface area contributed by atoms with E-state index >= 15 is 0 Å². The molecule has 1 N–H and O–H groups in total. The number of hydrogen-bond donors (Lipinski definition) is 1. The molecule has 0 radical (unpaired) electrons. The molecule has 23 heavy (non-hydrogen) atoms. The Balaban J connectivity index is 2.24. The van der Waals surface area contributed by atoms with E-state index in [1.807, 2.05) is 6.07 Å². The summed E-state index contributed by atoms with van der Waals surface area (Å²) in [6.45, 7) is 0. The number of aromatic nitrogens is 2. The molecule has 0 unspecified atom stereocenters. The number of nitro groups is 1. The van der Waals surface area contributed by atoms with E-state index in [9.17, 15) is 14.9 Å². The lowest BCUT2D eigenvalue weighted by molar-refractivity contribution is -0.384. The molecule has 3 rings (SSSR count). The first kappa shape index (κ1) is 14.5. The van der Waals surface area contributed by atoms with E-state index in [2.05, 4.69) is 4.98 Å². The minimum Gasteiger partial charge on any atom is -0.478 e. The number of carboxylic acids is 1. The van der Waals surface area contributed by atoms with Crippen molar-refractivity contribution >= 4 is 23.4 Å². The average Bonchev–Trinajstić information content (AvgIpc) is 2.91. The van der Waals surface area contributed by atoms with Gasteiger partial charge < -0.3 is 5.11 Å². The summed E-state index contributed by atoms with van der Waals surface area (Å²) in [5, 5.41) is 19.8. The van der Waals surface area contributed by atoms with Crippen LogP contribution in [0, 0.1) is 10.1 Å². The van der Waals surface area contributed by atoms with Crippen molar-refractivity contribution in [2.24, 2.45) is 0 Å². The number of imidazole rings is 1. The molecule has 0 bridgehead atoms. The number of carboxylic acid groups (broad SMARTS) is 1. The highest BCUT2D eigenvalue weighted by atomic mass is 16.6. The van der Waals surface area contributed by atoms with Crippen LogP contribution in [-0.4, -0.2) is 25.4 Å². The second-order valence-electron chi connectivity index (χ2n) is 4.75. The van der Waals surface area contributed by atoms with Gasteiger partial charge in [-0.3, -0.25) is 14.5 Å². The Morgan fingerprint density at radius 1 is 1.26 bits per heavy atom. The third kappa shape index (κ3) is 2.80. The summed E-state index contributed by atoms with van der Waals surface area (Å²) in [5.41, 5.74) is 2.15. The smallest absolute Gasteiger partial charge is 0.328 e. The largest absolute Gasteiger partial charge is 0.478 e. The third-order valence-corrected chi connectivity index (χ3v) is 3.28. The summed E-state index contributed by atoms with van der Waals surface area (Å²) in [6, 6.07) is 11.5. The minimum absolute atomic E-state index is 0.0484. The average molecular weight is 309 g/mol. The Labute approximate surface area is 130 Å². The lowest BCUT2D eigenvalue weighted by Crippen LogP contribution is -1.92. The summed E-state index contributed by atoms with van der Waals surface area (Å²) in [6.07, 6.45) is 4.19. The summed E-state index contributed by atoms with van der Waals surface area (Å²) in [4.78, 5) is 25.7. The molecule has 0 amide bonds. The van der Waals surface area contributed by atoms with Crippen molar-refractivity contribution in [2.45, 2.75) is 0 Å². The molecule has 0 fully saturated rings. The van der Waals surface area contributed by atoms with E-state index in [0.717, 1.165) is 6.08 Å². The number of nitro benzene ring substituents is 1. The molecule has 114 valence electrons. The van der Waals surface area contributed by atoms with Crippen LogP contribution in [0.2, 0.25) is 0 Å². The predicted molar refractivity (Wildman–Crippen MR) is 84.0 cm³/mol. The topological polar surface area (TPSA) is 97.7 Å². The molecule has 0 saturated heterocycles. The minimum atomic E-state index is -1.08. The quantitative estimate of drug-likeness (QED) is 0.454. The van der Waals surface area contributed by atoms with E-state index in [4.69, 9.17) is 5.11 Å². The molecular formula is C16H11N3O4. The van der Waals surface area contributed by atoms with Crippen LogP contribution in [0.4, 0.5) is 5.69 Å². The monoisotopic (exact) mass is 309 g/mol. The number of pyridine rings is 1. The maximum Gasteiger partial charge on any atom is 0.328 e. The Morgan fingerprint density at radius 2 is 2.09 bits per heavy atom. The SMILES string of the molecule is O=C(O)C=Cc1c(-c2cccc([N+](=O)[O-])c2)nc2ccccn12. The van der Waals surface area contributed by atoms with E-state index in [-0.39, 0.29) is 5.69 Å². The van der Waals surface area contributed by atoms with Crippen LogP contribution in [0.3, 0.4) is 0 Å². The number of non-ortho nitro benzene ring substituents is 1. The van der Waals surface area contributed by atoms with Gasteiger partial charge in [0, 0.05) is 30.0 Å². The number of rotatable bonds is 4. The Kier molecular flexibility index (Phi) is 3.60. The highest BCUT2D eigenvalue weighted by molar-refractivity contribution is 5.87. The first-order valence-electron chi connectivity index (χ1n) is 6.69. The van der Waals surface area contributed by atoms with E-state index < -0.39 is 10.9 Å². The highest BCUT2D eigenvalue weighted by Gasteiger charge is 2.14. The van der Waals surface area contributed by atoms with Crippen molar-refractivity contribution in [3.05, 3.63) is 70.5 Å². The van der Waals surface area contributed by atoms with Gasteiger partial charge in [0.1, 0.15) is 5.65 Å². The first-order chi connectivity index (χ1) is 11.1. The van der Waals surface area contributed by atoms with Gasteiger partial charge in [0.15, 0.2) is 0 Å². The van der Waals surface area contributed by atoms with Gasteiger partial charge in [0.25, 0.3) is 5.69 Å². The fourth-order valence-electron chi connectivity index (χ4n) is 2.30. The fourth-order valence-corrected chi connectivity index (χ4v) is 2.30. The molecule has 2 aromatic heterocycles. The van der Waals surface area contributed by atoms with Gasteiger partial charge >= 0.3 is 5.97 Å². The van der Waals surface area contributed by atoms with Gasteiger partial charge in [-0.25, -0.2) is 9.78 Å². The molecule has 0 aliphatic heterocycles. The number of fused-ring (bicyclic) bond motifs is 1. The zero-order chi connectivity index (χ0) is 16.4.